The molecule has 0 aromatic carbocycles. The molecular weight excluding hydrogens is 320 g/mol. The van der Waals surface area contributed by atoms with Gasteiger partial charge >= 0.3 is 0 Å². The van der Waals surface area contributed by atoms with Crippen molar-refractivity contribution < 1.29 is 9.59 Å². The van der Waals surface area contributed by atoms with Gasteiger partial charge in [-0.3, -0.25) is 9.59 Å². The van der Waals surface area contributed by atoms with Crippen LogP contribution in [0.15, 0.2) is 6.33 Å². The number of likely N-dealkylation sites (N-methyl/N-ethyl adjacent to an activating group) is 1. The molecule has 0 spiro atoms. The number of rotatable bonds is 4. The summed E-state index contributed by atoms with van der Waals surface area (Å²) in [5.74, 6) is 0.512. The maximum Gasteiger partial charge on any atom is 0.252 e. The molecule has 0 aliphatic carbocycles. The van der Waals surface area contributed by atoms with Crippen LogP contribution in [0.5, 0.6) is 0 Å². The summed E-state index contributed by atoms with van der Waals surface area (Å²) in [6, 6.07) is -0.343. The number of hydrogen-bond acceptors (Lipinski definition) is 5. The molecule has 2 amide bonds. The highest BCUT2D eigenvalue weighted by Gasteiger charge is 2.31. The predicted molar refractivity (Wildman–Crippen MR) is 92.0 cm³/mol. The number of carbonyl (C=O) groups is 2. The van der Waals surface area contributed by atoms with Crippen molar-refractivity contribution in [2.75, 3.05) is 13.6 Å². The zero-order valence-corrected chi connectivity index (χ0v) is 14.9. The summed E-state index contributed by atoms with van der Waals surface area (Å²) in [5.41, 5.74) is 2.83. The molecular formula is C17H24N6O2. The van der Waals surface area contributed by atoms with E-state index >= 15 is 0 Å². The third-order valence-corrected chi connectivity index (χ3v) is 4.95. The molecule has 1 atom stereocenters. The fourth-order valence-electron chi connectivity index (χ4n) is 3.56. The molecule has 0 bridgehead atoms. The van der Waals surface area contributed by atoms with Crippen molar-refractivity contribution in [3.05, 3.63) is 23.3 Å². The van der Waals surface area contributed by atoms with E-state index in [0.29, 0.717) is 25.2 Å². The molecule has 25 heavy (non-hydrogen) atoms. The van der Waals surface area contributed by atoms with E-state index in [0.717, 1.165) is 36.2 Å². The Kier molecular flexibility index (Phi) is 4.96. The van der Waals surface area contributed by atoms with Gasteiger partial charge in [0.05, 0.1) is 0 Å². The van der Waals surface area contributed by atoms with Crippen LogP contribution in [0.1, 0.15) is 42.6 Å². The van der Waals surface area contributed by atoms with Crippen LogP contribution in [-0.4, -0.2) is 55.9 Å². The molecule has 1 aliphatic rings. The van der Waals surface area contributed by atoms with E-state index < -0.39 is 0 Å². The Morgan fingerprint density at radius 2 is 2.12 bits per heavy atom. The first-order valence-electron chi connectivity index (χ1n) is 8.69. The molecule has 134 valence electrons. The van der Waals surface area contributed by atoms with Gasteiger partial charge in [0.15, 0.2) is 0 Å². The lowest BCUT2D eigenvalue weighted by molar-refractivity contribution is -0.142. The summed E-state index contributed by atoms with van der Waals surface area (Å²) in [6.07, 6.45) is 5.07. The Morgan fingerprint density at radius 1 is 1.32 bits per heavy atom. The predicted octanol–water partition coefficient (Wildman–Crippen LogP) is 0.801. The largest absolute Gasteiger partial charge is 0.357 e. The zero-order valence-electron chi connectivity index (χ0n) is 14.9. The number of amides is 2. The second kappa shape index (κ2) is 7.16. The van der Waals surface area contributed by atoms with E-state index in [-0.39, 0.29) is 17.9 Å². The molecule has 0 unspecified atom stereocenters. The van der Waals surface area contributed by atoms with Crippen molar-refractivity contribution in [3.8, 4) is 0 Å². The van der Waals surface area contributed by atoms with Crippen LogP contribution in [0.25, 0.3) is 5.78 Å². The van der Waals surface area contributed by atoms with Gasteiger partial charge in [-0.2, -0.15) is 10.1 Å². The van der Waals surface area contributed by atoms with Gasteiger partial charge in [0.2, 0.25) is 11.8 Å². The minimum Gasteiger partial charge on any atom is -0.357 e. The fraction of sp³-hybridized carbons (Fsp3) is 0.588. The third kappa shape index (κ3) is 3.33. The second-order valence-electron chi connectivity index (χ2n) is 6.45. The van der Waals surface area contributed by atoms with Crippen molar-refractivity contribution in [3.63, 3.8) is 0 Å². The number of nitrogens with one attached hydrogen (secondary N) is 1. The van der Waals surface area contributed by atoms with Crippen molar-refractivity contribution in [2.24, 2.45) is 0 Å². The molecule has 2 aromatic rings. The maximum absolute atomic E-state index is 12.7. The molecule has 8 heteroatoms. The van der Waals surface area contributed by atoms with Crippen molar-refractivity contribution in [2.45, 2.75) is 52.0 Å². The van der Waals surface area contributed by atoms with Crippen LogP contribution in [-0.2, 0) is 16.0 Å². The summed E-state index contributed by atoms with van der Waals surface area (Å²) in [5, 5.41) is 6.85. The van der Waals surface area contributed by atoms with Gasteiger partial charge in [-0.25, -0.2) is 9.50 Å². The lowest BCUT2D eigenvalue weighted by Crippen LogP contribution is -2.51. The minimum atomic E-state index is -0.343. The molecule has 1 fully saturated rings. The number of aromatic nitrogens is 4. The van der Waals surface area contributed by atoms with E-state index in [1.54, 1.807) is 16.5 Å². The van der Waals surface area contributed by atoms with Crippen LogP contribution >= 0.6 is 0 Å². The molecule has 1 aliphatic heterocycles. The standard InChI is InChI=1S/C17H24N6O2/c1-11-13(12(2)23-17(21-11)19-10-20-23)7-8-15(24)22-9-5-4-6-14(22)16(25)18-3/h10,14H,4-9H2,1-3H3,(H,18,25)/t14-/m1/s1. The number of fused-ring (bicyclic) bond motifs is 1. The first kappa shape index (κ1) is 17.3. The number of likely N-dealkylation sites (tertiary alicyclic amines) is 1. The second-order valence-corrected chi connectivity index (χ2v) is 6.45. The third-order valence-electron chi connectivity index (χ3n) is 4.95. The topological polar surface area (TPSA) is 92.5 Å². The molecule has 3 heterocycles. The lowest BCUT2D eigenvalue weighted by atomic mass is 9.99. The van der Waals surface area contributed by atoms with Crippen molar-refractivity contribution in [1.29, 1.82) is 0 Å². The summed E-state index contributed by atoms with van der Waals surface area (Å²) >= 11 is 0. The van der Waals surface area contributed by atoms with Crippen molar-refractivity contribution >= 4 is 17.6 Å². The van der Waals surface area contributed by atoms with Crippen LogP contribution < -0.4 is 5.32 Å². The summed E-state index contributed by atoms with van der Waals surface area (Å²) in [6.45, 7) is 4.54. The van der Waals surface area contributed by atoms with Gasteiger partial charge < -0.3 is 10.2 Å². The van der Waals surface area contributed by atoms with Crippen LogP contribution in [0.2, 0.25) is 0 Å². The average molecular weight is 344 g/mol. The van der Waals surface area contributed by atoms with E-state index in [4.69, 9.17) is 0 Å². The summed E-state index contributed by atoms with van der Waals surface area (Å²) in [4.78, 5) is 35.1. The maximum atomic E-state index is 12.7. The Balaban J connectivity index is 1.74. The Labute approximate surface area is 146 Å². The van der Waals surface area contributed by atoms with Gasteiger partial charge in [-0.05, 0) is 45.1 Å². The Hall–Kier alpha value is -2.51. The van der Waals surface area contributed by atoms with Crippen molar-refractivity contribution in [1.82, 2.24) is 29.8 Å². The van der Waals surface area contributed by atoms with Gasteiger partial charge in [0.1, 0.15) is 12.4 Å². The molecule has 0 saturated carbocycles. The van der Waals surface area contributed by atoms with E-state index in [9.17, 15) is 9.59 Å². The average Bonchev–Trinajstić information content (AvgIpc) is 3.09. The first-order chi connectivity index (χ1) is 12.0. The van der Waals surface area contributed by atoms with Gasteiger partial charge in [-0.1, -0.05) is 0 Å². The number of carbonyl (C=O) groups excluding carboxylic acids is 2. The smallest absolute Gasteiger partial charge is 0.252 e. The fourth-order valence-corrected chi connectivity index (χ4v) is 3.56. The number of aryl methyl sites for hydroxylation is 2. The molecule has 0 radical (unpaired) electrons. The number of hydrogen-bond donors (Lipinski definition) is 1. The van der Waals surface area contributed by atoms with E-state index in [1.807, 2.05) is 13.8 Å². The van der Waals surface area contributed by atoms with Gasteiger partial charge in [0, 0.05) is 31.4 Å². The number of nitrogens with zero attached hydrogens (tertiary/aromatic N) is 5. The normalized spacial score (nSPS) is 17.7. The van der Waals surface area contributed by atoms with E-state index in [2.05, 4.69) is 20.4 Å². The molecule has 1 N–H and O–H groups in total. The molecule has 8 nitrogen and oxygen atoms in total. The highest BCUT2D eigenvalue weighted by atomic mass is 16.2. The highest BCUT2D eigenvalue weighted by molar-refractivity contribution is 5.87. The highest BCUT2D eigenvalue weighted by Crippen LogP contribution is 2.20. The number of piperidine rings is 1. The SMILES string of the molecule is CNC(=O)[C@H]1CCCCN1C(=O)CCc1c(C)nc2ncnn2c1C. The quantitative estimate of drug-likeness (QED) is 0.886. The Morgan fingerprint density at radius 3 is 2.88 bits per heavy atom. The van der Waals surface area contributed by atoms with Crippen LogP contribution in [0, 0.1) is 13.8 Å². The lowest BCUT2D eigenvalue weighted by Gasteiger charge is -2.34. The summed E-state index contributed by atoms with van der Waals surface area (Å²) < 4.78 is 1.70. The van der Waals surface area contributed by atoms with Crippen LogP contribution in [0.3, 0.4) is 0 Å². The summed E-state index contributed by atoms with van der Waals surface area (Å²) in [7, 11) is 1.62. The minimum absolute atomic E-state index is 0.0192. The molecule has 1 saturated heterocycles. The van der Waals surface area contributed by atoms with Crippen LogP contribution in [0.4, 0.5) is 0 Å². The van der Waals surface area contributed by atoms with Gasteiger partial charge in [0.25, 0.3) is 5.78 Å². The Bertz CT molecular complexity index is 800. The van der Waals surface area contributed by atoms with E-state index in [1.165, 1.54) is 6.33 Å². The monoisotopic (exact) mass is 344 g/mol. The first-order valence-corrected chi connectivity index (χ1v) is 8.69. The van der Waals surface area contributed by atoms with Gasteiger partial charge in [-0.15, -0.1) is 0 Å². The molecule has 2 aromatic heterocycles. The molecule has 3 rings (SSSR count). The zero-order chi connectivity index (χ0) is 18.0.